The summed E-state index contributed by atoms with van der Waals surface area (Å²) in [6.45, 7) is 0. The molecule has 2 aromatic carbocycles. The lowest BCUT2D eigenvalue weighted by atomic mass is 9.90. The average molecular weight is 305 g/mol. The summed E-state index contributed by atoms with van der Waals surface area (Å²) in [5.41, 5.74) is 5.59. The van der Waals surface area contributed by atoms with Gasteiger partial charge in [-0.15, -0.1) is 0 Å². The highest BCUT2D eigenvalue weighted by Gasteiger charge is 2.12. The van der Waals surface area contributed by atoms with Crippen LogP contribution >= 0.6 is 0 Å². The summed E-state index contributed by atoms with van der Waals surface area (Å²) in [4.78, 5) is 12.4. The summed E-state index contributed by atoms with van der Waals surface area (Å²) >= 11 is 0. The molecule has 2 N–H and O–H groups in total. The Hall–Kier alpha value is -2.62. The molecule has 0 radical (unpaired) electrons. The highest BCUT2D eigenvalue weighted by atomic mass is 16.1. The van der Waals surface area contributed by atoms with Crippen molar-refractivity contribution >= 4 is 22.5 Å². The van der Waals surface area contributed by atoms with Crippen molar-refractivity contribution in [3.63, 3.8) is 0 Å². The van der Waals surface area contributed by atoms with Crippen molar-refractivity contribution in [3.8, 4) is 0 Å². The Balaban J connectivity index is 1.51. The number of aryl methyl sites for hydroxylation is 2. The Morgan fingerprint density at radius 2 is 2.00 bits per heavy atom. The van der Waals surface area contributed by atoms with Gasteiger partial charge in [0.25, 0.3) is 0 Å². The first kappa shape index (κ1) is 14.0. The molecule has 0 bridgehead atoms. The third-order valence-corrected chi connectivity index (χ3v) is 4.53. The molecular formula is C19H19N3O. The van der Waals surface area contributed by atoms with Crippen LogP contribution in [0.15, 0.2) is 42.6 Å². The van der Waals surface area contributed by atoms with E-state index < -0.39 is 0 Å². The molecule has 4 heteroatoms. The number of carbonyl (C=O) groups excluding carboxylic acids is 1. The third-order valence-electron chi connectivity index (χ3n) is 4.53. The number of amides is 1. The summed E-state index contributed by atoms with van der Waals surface area (Å²) in [5.74, 6) is 0.00265. The van der Waals surface area contributed by atoms with E-state index in [-0.39, 0.29) is 5.91 Å². The standard InChI is InChI=1S/C19H19N3O/c23-18(21-17-7-3-6-16-12-20-22-19(16)17)11-13-8-9-14-4-1-2-5-15(14)10-13/h3,6-10,12H,1-2,4-5,11H2,(H,20,22)(H,21,23). The second kappa shape index (κ2) is 5.88. The average Bonchev–Trinajstić information content (AvgIpc) is 3.04. The van der Waals surface area contributed by atoms with Gasteiger partial charge in [-0.05, 0) is 48.4 Å². The topological polar surface area (TPSA) is 57.8 Å². The number of anilines is 1. The van der Waals surface area contributed by atoms with Crippen molar-refractivity contribution in [2.45, 2.75) is 32.1 Å². The Morgan fingerprint density at radius 1 is 1.13 bits per heavy atom. The smallest absolute Gasteiger partial charge is 0.228 e. The van der Waals surface area contributed by atoms with E-state index in [2.05, 4.69) is 33.7 Å². The highest BCUT2D eigenvalue weighted by molar-refractivity contribution is 6.00. The number of H-pyrrole nitrogens is 1. The number of rotatable bonds is 3. The van der Waals surface area contributed by atoms with Crippen LogP contribution in [-0.4, -0.2) is 16.1 Å². The largest absolute Gasteiger partial charge is 0.324 e. The zero-order valence-corrected chi connectivity index (χ0v) is 12.9. The molecule has 0 spiro atoms. The quantitative estimate of drug-likeness (QED) is 0.776. The Morgan fingerprint density at radius 3 is 2.91 bits per heavy atom. The maximum atomic E-state index is 12.4. The summed E-state index contributed by atoms with van der Waals surface area (Å²) < 4.78 is 0. The molecule has 4 nitrogen and oxygen atoms in total. The molecule has 0 atom stereocenters. The number of para-hydroxylation sites is 1. The van der Waals surface area contributed by atoms with E-state index in [1.165, 1.54) is 30.4 Å². The number of aromatic amines is 1. The first-order chi connectivity index (χ1) is 11.3. The highest BCUT2D eigenvalue weighted by Crippen LogP contribution is 2.23. The summed E-state index contributed by atoms with van der Waals surface area (Å²) in [5, 5.41) is 10.9. The molecule has 116 valence electrons. The van der Waals surface area contributed by atoms with Gasteiger partial charge < -0.3 is 5.32 Å². The molecule has 0 saturated carbocycles. The minimum atomic E-state index is 0.00265. The van der Waals surface area contributed by atoms with E-state index in [0.29, 0.717) is 6.42 Å². The fraction of sp³-hybridized carbons (Fsp3) is 0.263. The molecule has 0 aliphatic heterocycles. The number of carbonyl (C=O) groups is 1. The van der Waals surface area contributed by atoms with Crippen LogP contribution in [0.1, 0.15) is 29.5 Å². The van der Waals surface area contributed by atoms with Crippen LogP contribution in [0.4, 0.5) is 5.69 Å². The van der Waals surface area contributed by atoms with Gasteiger partial charge in [0.2, 0.25) is 5.91 Å². The van der Waals surface area contributed by atoms with Crippen LogP contribution in [0.3, 0.4) is 0 Å². The lowest BCUT2D eigenvalue weighted by Crippen LogP contribution is -2.15. The van der Waals surface area contributed by atoms with Crippen molar-refractivity contribution in [2.24, 2.45) is 0 Å². The Kier molecular flexibility index (Phi) is 3.58. The first-order valence-corrected chi connectivity index (χ1v) is 8.12. The molecule has 1 heterocycles. The molecule has 3 aromatic rings. The predicted molar refractivity (Wildman–Crippen MR) is 91.5 cm³/mol. The molecule has 0 fully saturated rings. The third kappa shape index (κ3) is 2.84. The van der Waals surface area contributed by atoms with Crippen LogP contribution in [0.5, 0.6) is 0 Å². The zero-order valence-electron chi connectivity index (χ0n) is 12.9. The van der Waals surface area contributed by atoms with E-state index >= 15 is 0 Å². The molecule has 1 aliphatic carbocycles. The lowest BCUT2D eigenvalue weighted by Gasteiger charge is -2.16. The van der Waals surface area contributed by atoms with Gasteiger partial charge in [0.15, 0.2) is 0 Å². The van der Waals surface area contributed by atoms with Gasteiger partial charge in [-0.2, -0.15) is 5.10 Å². The summed E-state index contributed by atoms with van der Waals surface area (Å²) in [7, 11) is 0. The molecule has 1 amide bonds. The number of nitrogens with one attached hydrogen (secondary N) is 2. The van der Waals surface area contributed by atoms with Crippen molar-refractivity contribution in [3.05, 3.63) is 59.3 Å². The van der Waals surface area contributed by atoms with Crippen LogP contribution in [0.2, 0.25) is 0 Å². The molecular weight excluding hydrogens is 286 g/mol. The van der Waals surface area contributed by atoms with Crippen LogP contribution in [0, 0.1) is 0 Å². The monoisotopic (exact) mass is 305 g/mol. The van der Waals surface area contributed by atoms with Crippen LogP contribution < -0.4 is 5.32 Å². The fourth-order valence-corrected chi connectivity index (χ4v) is 3.35. The number of nitrogens with zero attached hydrogens (tertiary/aromatic N) is 1. The minimum Gasteiger partial charge on any atom is -0.324 e. The first-order valence-electron chi connectivity index (χ1n) is 8.12. The van der Waals surface area contributed by atoms with Gasteiger partial charge in [0, 0.05) is 5.39 Å². The van der Waals surface area contributed by atoms with Crippen molar-refractivity contribution < 1.29 is 4.79 Å². The fourth-order valence-electron chi connectivity index (χ4n) is 3.35. The molecule has 1 aliphatic rings. The number of fused-ring (bicyclic) bond motifs is 2. The minimum absolute atomic E-state index is 0.00265. The van der Waals surface area contributed by atoms with Crippen LogP contribution in [-0.2, 0) is 24.1 Å². The maximum absolute atomic E-state index is 12.4. The van der Waals surface area contributed by atoms with E-state index in [1.54, 1.807) is 6.20 Å². The number of hydrogen-bond acceptors (Lipinski definition) is 2. The van der Waals surface area contributed by atoms with Gasteiger partial charge in [-0.3, -0.25) is 9.89 Å². The molecule has 0 saturated heterocycles. The second-order valence-corrected chi connectivity index (χ2v) is 6.17. The summed E-state index contributed by atoms with van der Waals surface area (Å²) in [6, 6.07) is 12.3. The van der Waals surface area contributed by atoms with Gasteiger partial charge in [-0.25, -0.2) is 0 Å². The van der Waals surface area contributed by atoms with Crippen molar-refractivity contribution in [1.29, 1.82) is 0 Å². The molecule has 23 heavy (non-hydrogen) atoms. The molecule has 1 aromatic heterocycles. The van der Waals surface area contributed by atoms with Crippen molar-refractivity contribution in [1.82, 2.24) is 10.2 Å². The van der Waals surface area contributed by atoms with E-state index in [4.69, 9.17) is 0 Å². The predicted octanol–water partition coefficient (Wildman–Crippen LogP) is 3.62. The van der Waals surface area contributed by atoms with E-state index in [1.807, 2.05) is 18.2 Å². The van der Waals surface area contributed by atoms with Crippen molar-refractivity contribution in [2.75, 3.05) is 5.32 Å². The van der Waals surface area contributed by atoms with Gasteiger partial charge in [-0.1, -0.05) is 30.3 Å². The normalized spacial score (nSPS) is 13.7. The van der Waals surface area contributed by atoms with Crippen LogP contribution in [0.25, 0.3) is 10.9 Å². The number of hydrogen-bond donors (Lipinski definition) is 2. The Labute approximate surface area is 134 Å². The van der Waals surface area contributed by atoms with E-state index in [0.717, 1.165) is 28.6 Å². The van der Waals surface area contributed by atoms with Gasteiger partial charge in [0.1, 0.15) is 0 Å². The zero-order chi connectivity index (χ0) is 15.6. The lowest BCUT2D eigenvalue weighted by molar-refractivity contribution is -0.115. The van der Waals surface area contributed by atoms with E-state index in [9.17, 15) is 4.79 Å². The maximum Gasteiger partial charge on any atom is 0.228 e. The summed E-state index contributed by atoms with van der Waals surface area (Å²) in [6.07, 6.45) is 7.00. The molecule has 0 unspecified atom stereocenters. The second-order valence-electron chi connectivity index (χ2n) is 6.17. The Bertz CT molecular complexity index is 866. The van der Waals surface area contributed by atoms with Gasteiger partial charge >= 0.3 is 0 Å². The number of benzene rings is 2. The molecule has 4 rings (SSSR count). The van der Waals surface area contributed by atoms with Gasteiger partial charge in [0.05, 0.1) is 23.8 Å². The SMILES string of the molecule is O=C(Cc1ccc2c(c1)CCCC2)Nc1cccc2cn[nH]c12. The number of aromatic nitrogens is 2.